The minimum Gasteiger partial charge on any atom is -0.493 e. The van der Waals surface area contributed by atoms with E-state index >= 15 is 0 Å². The van der Waals surface area contributed by atoms with Gasteiger partial charge < -0.3 is 9.64 Å². The van der Waals surface area contributed by atoms with E-state index in [4.69, 9.17) is 9.72 Å². The van der Waals surface area contributed by atoms with Crippen molar-refractivity contribution in [2.75, 3.05) is 24.6 Å². The average Bonchev–Trinajstić information content (AvgIpc) is 3.30. The number of hydrogen-bond donors (Lipinski definition) is 0. The first kappa shape index (κ1) is 19.6. The smallest absolute Gasteiger partial charge is 0.120 e. The molecule has 0 radical (unpaired) electrons. The van der Waals surface area contributed by atoms with E-state index in [2.05, 4.69) is 84.6 Å². The molecule has 1 aliphatic rings. The number of ether oxygens (including phenoxy) is 1. The van der Waals surface area contributed by atoms with Gasteiger partial charge in [-0.15, -0.1) is 0 Å². The van der Waals surface area contributed by atoms with E-state index in [1.54, 1.807) is 0 Å². The van der Waals surface area contributed by atoms with Gasteiger partial charge in [0.2, 0.25) is 0 Å². The molecule has 0 aliphatic carbocycles. The lowest BCUT2D eigenvalue weighted by Gasteiger charge is -2.22. The van der Waals surface area contributed by atoms with Gasteiger partial charge in [0.1, 0.15) is 5.75 Å². The Hall–Kier alpha value is -3.33. The summed E-state index contributed by atoms with van der Waals surface area (Å²) < 4.78 is 6.11. The van der Waals surface area contributed by atoms with Gasteiger partial charge in [-0.3, -0.25) is 4.98 Å². The maximum atomic E-state index is 6.11. The van der Waals surface area contributed by atoms with Crippen molar-refractivity contribution >= 4 is 16.6 Å². The SMILES string of the molecule is Cc1cc(N2CCC(c3ccccc3)C2)c2cc(OCCc3ccccc3)ccc2n1. The van der Waals surface area contributed by atoms with Crippen molar-refractivity contribution in [1.29, 1.82) is 0 Å². The predicted octanol–water partition coefficient (Wildman–Crippen LogP) is 6.16. The summed E-state index contributed by atoms with van der Waals surface area (Å²) in [6, 6.07) is 29.9. The molecule has 3 nitrogen and oxygen atoms in total. The molecule has 5 rings (SSSR count). The normalized spacial score (nSPS) is 16.0. The molecule has 4 aromatic rings. The van der Waals surface area contributed by atoms with Gasteiger partial charge in [-0.25, -0.2) is 0 Å². The van der Waals surface area contributed by atoms with Crippen molar-refractivity contribution in [1.82, 2.24) is 4.98 Å². The highest BCUT2D eigenvalue weighted by Gasteiger charge is 2.25. The van der Waals surface area contributed by atoms with Crippen LogP contribution in [0.1, 0.15) is 29.2 Å². The summed E-state index contributed by atoms with van der Waals surface area (Å²) >= 11 is 0. The lowest BCUT2D eigenvalue weighted by atomic mass is 9.99. The summed E-state index contributed by atoms with van der Waals surface area (Å²) in [6.07, 6.45) is 2.09. The first-order valence-electron chi connectivity index (χ1n) is 11.1. The zero-order valence-corrected chi connectivity index (χ0v) is 18.0. The van der Waals surface area contributed by atoms with Crippen LogP contribution in [0.25, 0.3) is 10.9 Å². The first-order chi connectivity index (χ1) is 15.3. The Labute approximate surface area is 184 Å². The molecule has 3 heteroatoms. The van der Waals surface area contributed by atoms with Crippen molar-refractivity contribution in [2.45, 2.75) is 25.7 Å². The highest BCUT2D eigenvalue weighted by Crippen LogP contribution is 2.36. The lowest BCUT2D eigenvalue weighted by molar-refractivity contribution is 0.322. The molecule has 0 N–H and O–H groups in total. The molecule has 31 heavy (non-hydrogen) atoms. The van der Waals surface area contributed by atoms with Crippen LogP contribution in [-0.4, -0.2) is 24.7 Å². The monoisotopic (exact) mass is 408 g/mol. The van der Waals surface area contributed by atoms with Gasteiger partial charge >= 0.3 is 0 Å². The summed E-state index contributed by atoms with van der Waals surface area (Å²) in [5, 5.41) is 1.18. The second-order valence-corrected chi connectivity index (χ2v) is 8.39. The topological polar surface area (TPSA) is 25.4 Å². The summed E-state index contributed by atoms with van der Waals surface area (Å²) in [5.74, 6) is 1.49. The molecule has 3 aromatic carbocycles. The van der Waals surface area contributed by atoms with Crippen LogP contribution in [0.2, 0.25) is 0 Å². The Morgan fingerprint density at radius 1 is 0.935 bits per heavy atom. The van der Waals surface area contributed by atoms with Crippen molar-refractivity contribution in [2.24, 2.45) is 0 Å². The largest absolute Gasteiger partial charge is 0.493 e. The van der Waals surface area contributed by atoms with Crippen LogP contribution in [-0.2, 0) is 6.42 Å². The molecule has 1 aromatic heterocycles. The van der Waals surface area contributed by atoms with E-state index in [0.29, 0.717) is 12.5 Å². The van der Waals surface area contributed by atoms with Crippen LogP contribution in [0.15, 0.2) is 84.9 Å². The molecule has 156 valence electrons. The first-order valence-corrected chi connectivity index (χ1v) is 11.1. The summed E-state index contributed by atoms with van der Waals surface area (Å²) in [6.45, 7) is 4.86. The highest BCUT2D eigenvalue weighted by molar-refractivity contribution is 5.93. The van der Waals surface area contributed by atoms with Crippen LogP contribution in [0.3, 0.4) is 0 Å². The predicted molar refractivity (Wildman–Crippen MR) is 128 cm³/mol. The van der Waals surface area contributed by atoms with Crippen LogP contribution >= 0.6 is 0 Å². The Kier molecular flexibility index (Phi) is 5.57. The van der Waals surface area contributed by atoms with E-state index in [1.807, 2.05) is 12.1 Å². The van der Waals surface area contributed by atoms with Gasteiger partial charge in [-0.05, 0) is 48.7 Å². The molecule has 1 saturated heterocycles. The maximum absolute atomic E-state index is 6.11. The quantitative estimate of drug-likeness (QED) is 0.382. The Balaban J connectivity index is 1.37. The molecule has 1 fully saturated rings. The van der Waals surface area contributed by atoms with E-state index in [-0.39, 0.29) is 0 Å². The van der Waals surface area contributed by atoms with Crippen LogP contribution in [0.5, 0.6) is 5.75 Å². The third-order valence-electron chi connectivity index (χ3n) is 6.19. The molecular formula is C28H28N2O. The molecule has 0 saturated carbocycles. The molecule has 1 aliphatic heterocycles. The number of rotatable bonds is 6. The number of fused-ring (bicyclic) bond motifs is 1. The maximum Gasteiger partial charge on any atom is 0.120 e. The Bertz CT molecular complexity index is 1160. The Morgan fingerprint density at radius 3 is 2.52 bits per heavy atom. The summed E-state index contributed by atoms with van der Waals surface area (Å²) in [7, 11) is 0. The number of aryl methyl sites for hydroxylation is 1. The third-order valence-corrected chi connectivity index (χ3v) is 6.19. The molecular weight excluding hydrogens is 380 g/mol. The summed E-state index contributed by atoms with van der Waals surface area (Å²) in [4.78, 5) is 7.29. The second-order valence-electron chi connectivity index (χ2n) is 8.39. The van der Waals surface area contributed by atoms with E-state index in [9.17, 15) is 0 Å². The Morgan fingerprint density at radius 2 is 1.71 bits per heavy atom. The number of benzene rings is 3. The number of hydrogen-bond acceptors (Lipinski definition) is 3. The van der Waals surface area contributed by atoms with Crippen molar-refractivity contribution in [3.05, 3.63) is 102 Å². The molecule has 0 amide bonds. The van der Waals surface area contributed by atoms with Crippen molar-refractivity contribution in [3.63, 3.8) is 0 Å². The fourth-order valence-electron chi connectivity index (χ4n) is 4.57. The van der Waals surface area contributed by atoms with Crippen molar-refractivity contribution < 1.29 is 4.74 Å². The lowest BCUT2D eigenvalue weighted by Crippen LogP contribution is -2.20. The van der Waals surface area contributed by atoms with Gasteiger partial charge in [0.25, 0.3) is 0 Å². The number of aromatic nitrogens is 1. The van der Waals surface area contributed by atoms with Gasteiger partial charge in [0.05, 0.1) is 12.1 Å². The van der Waals surface area contributed by atoms with E-state index in [0.717, 1.165) is 36.5 Å². The van der Waals surface area contributed by atoms with E-state index < -0.39 is 0 Å². The number of pyridine rings is 1. The third kappa shape index (κ3) is 4.41. The van der Waals surface area contributed by atoms with E-state index in [1.165, 1.54) is 28.6 Å². The number of anilines is 1. The molecule has 1 unspecified atom stereocenters. The van der Waals surface area contributed by atoms with Gasteiger partial charge in [-0.1, -0.05) is 60.7 Å². The zero-order chi connectivity index (χ0) is 21.0. The molecule has 0 spiro atoms. The second kappa shape index (κ2) is 8.81. The molecule has 0 bridgehead atoms. The number of nitrogens with zero attached hydrogens (tertiary/aromatic N) is 2. The highest BCUT2D eigenvalue weighted by atomic mass is 16.5. The van der Waals surface area contributed by atoms with Crippen molar-refractivity contribution in [3.8, 4) is 5.75 Å². The molecule has 1 atom stereocenters. The molecule has 2 heterocycles. The van der Waals surface area contributed by atoms with Crippen LogP contribution in [0.4, 0.5) is 5.69 Å². The van der Waals surface area contributed by atoms with Gasteiger partial charge in [-0.2, -0.15) is 0 Å². The van der Waals surface area contributed by atoms with Crippen LogP contribution in [0, 0.1) is 6.92 Å². The minimum atomic E-state index is 0.579. The zero-order valence-electron chi connectivity index (χ0n) is 18.0. The van der Waals surface area contributed by atoms with Crippen LogP contribution < -0.4 is 9.64 Å². The van der Waals surface area contributed by atoms with Gasteiger partial charge in [0.15, 0.2) is 0 Å². The fourth-order valence-corrected chi connectivity index (χ4v) is 4.57. The standard InChI is InChI=1S/C28H28N2O/c1-21-18-28(30-16-14-24(20-30)23-10-6-3-7-11-23)26-19-25(12-13-27(26)29-21)31-17-15-22-8-4-2-5-9-22/h2-13,18-19,24H,14-17,20H2,1H3. The minimum absolute atomic E-state index is 0.579. The van der Waals surface area contributed by atoms with Gasteiger partial charge in [0, 0.05) is 42.2 Å². The summed E-state index contributed by atoms with van der Waals surface area (Å²) in [5.41, 5.74) is 6.10. The fraction of sp³-hybridized carbons (Fsp3) is 0.250. The average molecular weight is 409 g/mol.